The van der Waals surface area contributed by atoms with Crippen LogP contribution >= 0.6 is 11.3 Å². The predicted octanol–water partition coefficient (Wildman–Crippen LogP) is 0.488. The molecule has 1 aliphatic rings. The molecule has 2 heterocycles. The molecule has 2 rings (SSSR count). The van der Waals surface area contributed by atoms with E-state index in [1.807, 2.05) is 0 Å². The molecule has 3 N–H and O–H groups in total. The van der Waals surface area contributed by atoms with E-state index in [0.717, 1.165) is 11.3 Å². The molecule has 0 unspecified atom stereocenters. The number of thiazole rings is 1. The molecule has 0 aromatic carbocycles. The van der Waals surface area contributed by atoms with Gasteiger partial charge in [0.1, 0.15) is 0 Å². The van der Waals surface area contributed by atoms with Crippen LogP contribution in [-0.2, 0) is 10.0 Å². The van der Waals surface area contributed by atoms with Crippen LogP contribution in [0.15, 0.2) is 21.5 Å². The molecule has 0 bridgehead atoms. The van der Waals surface area contributed by atoms with Crippen LogP contribution < -0.4 is 10.5 Å². The van der Waals surface area contributed by atoms with Gasteiger partial charge in [-0.05, 0) is 13.0 Å². The smallest absolute Gasteiger partial charge is 0.283 e. The highest BCUT2D eigenvalue weighted by Gasteiger charge is 2.20. The highest BCUT2D eigenvalue weighted by Crippen LogP contribution is 2.26. The molecule has 0 spiro atoms. The summed E-state index contributed by atoms with van der Waals surface area (Å²) >= 11 is 0.814. The van der Waals surface area contributed by atoms with Crippen LogP contribution in [0.4, 0.5) is 9.93 Å². The Morgan fingerprint density at radius 3 is 2.84 bits per heavy atom. The second-order valence-electron chi connectivity index (χ2n) is 3.67. The van der Waals surface area contributed by atoms with E-state index in [0.29, 0.717) is 6.54 Å². The zero-order valence-corrected chi connectivity index (χ0v) is 11.5. The van der Waals surface area contributed by atoms with Gasteiger partial charge in [0.2, 0.25) is 10.0 Å². The maximum Gasteiger partial charge on any atom is 0.329 e. The fraction of sp³-hybridized carbons (Fsp3) is 0.222. The van der Waals surface area contributed by atoms with Crippen LogP contribution in [0.5, 0.6) is 0 Å². The number of aromatic nitrogens is 1. The fourth-order valence-electron chi connectivity index (χ4n) is 1.39. The summed E-state index contributed by atoms with van der Waals surface area (Å²) in [6.45, 7) is 1.90. The molecule has 0 saturated carbocycles. The summed E-state index contributed by atoms with van der Waals surface area (Å²) in [5, 5.41) is 7.70. The second kappa shape index (κ2) is 5.07. The summed E-state index contributed by atoms with van der Waals surface area (Å²) in [6.07, 6.45) is 4.66. The Balaban J connectivity index is 2.14. The van der Waals surface area contributed by atoms with E-state index in [1.165, 1.54) is 18.2 Å². The van der Waals surface area contributed by atoms with Crippen LogP contribution in [-0.4, -0.2) is 37.2 Å². The predicted molar refractivity (Wildman–Crippen MR) is 71.6 cm³/mol. The average molecular weight is 301 g/mol. The molecule has 1 aromatic heterocycles. The van der Waals surface area contributed by atoms with Crippen molar-refractivity contribution in [3.8, 4) is 0 Å². The van der Waals surface area contributed by atoms with E-state index in [4.69, 9.17) is 5.14 Å². The molecule has 0 saturated heterocycles. The molecule has 8 nitrogen and oxygen atoms in total. The molecule has 10 heteroatoms. The van der Waals surface area contributed by atoms with Crippen molar-refractivity contribution < 1.29 is 13.2 Å². The van der Waals surface area contributed by atoms with Gasteiger partial charge in [0.05, 0.1) is 12.0 Å². The highest BCUT2D eigenvalue weighted by atomic mass is 32.2. The number of nitrogens with two attached hydrogens (primary N) is 1. The van der Waals surface area contributed by atoms with Crippen LogP contribution in [0.2, 0.25) is 0 Å². The van der Waals surface area contributed by atoms with Crippen molar-refractivity contribution in [2.24, 2.45) is 10.1 Å². The number of hydrogen-bond acceptors (Lipinski definition) is 6. The number of amides is 2. The van der Waals surface area contributed by atoms with Gasteiger partial charge in [-0.2, -0.15) is 0 Å². The minimum absolute atomic E-state index is 0.0602. The summed E-state index contributed by atoms with van der Waals surface area (Å²) in [4.78, 5) is 20.9. The van der Waals surface area contributed by atoms with E-state index in [1.54, 1.807) is 12.3 Å². The molecule has 19 heavy (non-hydrogen) atoms. The Morgan fingerprint density at radius 2 is 2.32 bits per heavy atom. The summed E-state index contributed by atoms with van der Waals surface area (Å²) in [7, 11) is -3.82. The minimum Gasteiger partial charge on any atom is -0.283 e. The molecule has 1 aromatic rings. The Morgan fingerprint density at radius 1 is 1.58 bits per heavy atom. The molecule has 102 valence electrons. The largest absolute Gasteiger partial charge is 0.329 e. The number of hydrogen-bond donors (Lipinski definition) is 2. The fourth-order valence-corrected chi connectivity index (χ4v) is 3.23. The first-order valence-electron chi connectivity index (χ1n) is 5.14. The number of sulfonamides is 1. The summed E-state index contributed by atoms with van der Waals surface area (Å²) in [6, 6.07) is -0.442. The molecular formula is C9H11N5O3S2. The Labute approximate surface area is 113 Å². The van der Waals surface area contributed by atoms with Gasteiger partial charge in [0.15, 0.2) is 9.34 Å². The number of nitrogens with one attached hydrogen (secondary N) is 1. The molecular weight excluding hydrogens is 290 g/mol. The van der Waals surface area contributed by atoms with Gasteiger partial charge in [0, 0.05) is 12.7 Å². The first-order chi connectivity index (χ1) is 8.88. The topological polar surface area (TPSA) is 118 Å². The lowest BCUT2D eigenvalue weighted by molar-refractivity contribution is 0.237. The van der Waals surface area contributed by atoms with Crippen molar-refractivity contribution >= 4 is 38.9 Å². The quantitative estimate of drug-likeness (QED) is 0.826. The second-order valence-corrected chi connectivity index (χ2v) is 6.42. The number of urea groups is 1. The summed E-state index contributed by atoms with van der Waals surface area (Å²) < 4.78 is 22.4. The van der Waals surface area contributed by atoms with E-state index in [2.05, 4.69) is 15.3 Å². The first kappa shape index (κ1) is 13.6. The zero-order valence-electron chi connectivity index (χ0n) is 9.90. The Bertz CT molecular complexity index is 661. The van der Waals surface area contributed by atoms with Crippen molar-refractivity contribution in [1.29, 1.82) is 0 Å². The van der Waals surface area contributed by atoms with Crippen molar-refractivity contribution in [3.05, 3.63) is 18.0 Å². The summed E-state index contributed by atoms with van der Waals surface area (Å²) in [5.41, 5.74) is 0.259. The Kier molecular flexibility index (Phi) is 3.64. The molecule has 2 amide bonds. The SMILES string of the molecule is Cc1nc(NC(=O)N2C=NC=CC2)sc1S(N)(=O)=O. The number of carbonyl (C=O) groups is 1. The molecule has 0 aliphatic carbocycles. The molecule has 0 fully saturated rings. The van der Waals surface area contributed by atoms with Crippen molar-refractivity contribution in [2.45, 2.75) is 11.1 Å². The number of rotatable bonds is 2. The number of anilines is 1. The monoisotopic (exact) mass is 301 g/mol. The van der Waals surface area contributed by atoms with E-state index < -0.39 is 16.1 Å². The third-order valence-electron chi connectivity index (χ3n) is 2.19. The lowest BCUT2D eigenvalue weighted by Crippen LogP contribution is -2.34. The van der Waals surface area contributed by atoms with Crippen LogP contribution in [0, 0.1) is 6.92 Å². The van der Waals surface area contributed by atoms with Gasteiger partial charge in [-0.25, -0.2) is 28.3 Å². The number of nitrogens with zero attached hydrogens (tertiary/aromatic N) is 3. The normalized spacial score (nSPS) is 14.7. The standard InChI is InChI=1S/C9H11N5O3S2/c1-6-7(19(10,16)17)18-8(12-6)13-9(15)14-4-2-3-11-5-14/h2-3,5H,4H2,1H3,(H2,10,16,17)(H,12,13,15). The van der Waals surface area contributed by atoms with E-state index in [-0.39, 0.29) is 15.0 Å². The van der Waals surface area contributed by atoms with Gasteiger partial charge in [-0.3, -0.25) is 10.2 Å². The van der Waals surface area contributed by atoms with Gasteiger partial charge < -0.3 is 0 Å². The van der Waals surface area contributed by atoms with Gasteiger partial charge >= 0.3 is 6.03 Å². The van der Waals surface area contributed by atoms with Gasteiger partial charge in [-0.15, -0.1) is 0 Å². The number of aliphatic imine (C=N–C) groups is 1. The minimum atomic E-state index is -3.82. The van der Waals surface area contributed by atoms with Crippen molar-refractivity contribution in [1.82, 2.24) is 9.88 Å². The lowest BCUT2D eigenvalue weighted by atomic mass is 10.5. The van der Waals surface area contributed by atoms with Gasteiger partial charge in [0.25, 0.3) is 0 Å². The maximum atomic E-state index is 11.8. The molecule has 1 aliphatic heterocycles. The first-order valence-corrected chi connectivity index (χ1v) is 7.50. The molecule has 0 radical (unpaired) electrons. The van der Waals surface area contributed by atoms with Crippen LogP contribution in [0.1, 0.15) is 5.69 Å². The number of carbonyl (C=O) groups excluding carboxylic acids is 1. The zero-order chi connectivity index (χ0) is 14.0. The lowest BCUT2D eigenvalue weighted by Gasteiger charge is -2.16. The van der Waals surface area contributed by atoms with E-state index >= 15 is 0 Å². The van der Waals surface area contributed by atoms with Crippen LogP contribution in [0.3, 0.4) is 0 Å². The molecule has 0 atom stereocenters. The van der Waals surface area contributed by atoms with Crippen molar-refractivity contribution in [2.75, 3.05) is 11.9 Å². The number of primary sulfonamides is 1. The highest BCUT2D eigenvalue weighted by molar-refractivity contribution is 7.91. The third kappa shape index (κ3) is 3.16. The van der Waals surface area contributed by atoms with Crippen molar-refractivity contribution in [3.63, 3.8) is 0 Å². The van der Waals surface area contributed by atoms with E-state index in [9.17, 15) is 13.2 Å². The third-order valence-corrected chi connectivity index (χ3v) is 4.81. The summed E-state index contributed by atoms with van der Waals surface area (Å²) in [5.74, 6) is 0. The van der Waals surface area contributed by atoms with Crippen LogP contribution in [0.25, 0.3) is 0 Å². The average Bonchev–Trinajstić information content (AvgIpc) is 2.71. The maximum absolute atomic E-state index is 11.8. The van der Waals surface area contributed by atoms with Gasteiger partial charge in [-0.1, -0.05) is 11.3 Å². The Hall–Kier alpha value is -1.78. The number of aryl methyl sites for hydroxylation is 1.